The number of hydrogen-bond donors (Lipinski definition) is 2. The van der Waals surface area contributed by atoms with Crippen LogP contribution in [0.15, 0.2) is 23.2 Å². The van der Waals surface area contributed by atoms with Crippen molar-refractivity contribution >= 4 is 29.9 Å². The molecule has 3 rings (SSSR count). The molecule has 2 N–H and O–H groups in total. The van der Waals surface area contributed by atoms with E-state index in [-0.39, 0.29) is 24.0 Å². The summed E-state index contributed by atoms with van der Waals surface area (Å²) in [7, 11) is 0. The van der Waals surface area contributed by atoms with E-state index in [2.05, 4.69) is 29.5 Å². The van der Waals surface area contributed by atoms with Crippen LogP contribution < -0.4 is 20.1 Å². The minimum atomic E-state index is 0. The molecule has 1 fully saturated rings. The molecular formula is C16H24IN3O2. The van der Waals surface area contributed by atoms with Crippen molar-refractivity contribution in [1.29, 1.82) is 0 Å². The molecule has 122 valence electrons. The molecule has 1 aromatic rings. The predicted octanol–water partition coefficient (Wildman–Crippen LogP) is 2.74. The van der Waals surface area contributed by atoms with E-state index in [0.29, 0.717) is 13.3 Å². The van der Waals surface area contributed by atoms with Crippen molar-refractivity contribution in [2.75, 3.05) is 19.9 Å². The molecule has 1 saturated carbocycles. The monoisotopic (exact) mass is 417 g/mol. The number of nitrogens with one attached hydrogen (secondary N) is 2. The van der Waals surface area contributed by atoms with Crippen LogP contribution in [0.2, 0.25) is 0 Å². The largest absolute Gasteiger partial charge is 0.454 e. The number of halogens is 1. The Morgan fingerprint density at radius 1 is 1.27 bits per heavy atom. The first-order valence-corrected chi connectivity index (χ1v) is 7.67. The zero-order valence-corrected chi connectivity index (χ0v) is 15.4. The van der Waals surface area contributed by atoms with E-state index in [4.69, 9.17) is 9.47 Å². The van der Waals surface area contributed by atoms with E-state index >= 15 is 0 Å². The van der Waals surface area contributed by atoms with Crippen LogP contribution in [0.25, 0.3) is 0 Å². The molecule has 0 bridgehead atoms. The zero-order valence-electron chi connectivity index (χ0n) is 13.1. The number of nitrogens with zero attached hydrogens (tertiary/aromatic N) is 1. The third-order valence-corrected chi connectivity index (χ3v) is 4.01. The van der Waals surface area contributed by atoms with Crippen LogP contribution in [0.4, 0.5) is 0 Å². The van der Waals surface area contributed by atoms with E-state index in [0.717, 1.165) is 47.9 Å². The average Bonchev–Trinajstić information content (AvgIpc) is 3.00. The first-order valence-electron chi connectivity index (χ1n) is 7.67. The smallest absolute Gasteiger partial charge is 0.231 e. The number of fused-ring (bicyclic) bond motifs is 1. The van der Waals surface area contributed by atoms with Crippen molar-refractivity contribution in [3.8, 4) is 11.5 Å². The normalized spacial score (nSPS) is 22.0. The highest BCUT2D eigenvalue weighted by Crippen LogP contribution is 2.36. The van der Waals surface area contributed by atoms with Gasteiger partial charge in [-0.3, -0.25) is 0 Å². The lowest BCUT2D eigenvalue weighted by Gasteiger charge is -2.11. The molecule has 0 spiro atoms. The molecule has 22 heavy (non-hydrogen) atoms. The summed E-state index contributed by atoms with van der Waals surface area (Å²) in [4.78, 5) is 4.63. The maximum atomic E-state index is 5.39. The van der Waals surface area contributed by atoms with Gasteiger partial charge in [0.05, 0.1) is 6.54 Å². The highest BCUT2D eigenvalue weighted by Gasteiger charge is 2.32. The standard InChI is InChI=1S/C16H23N3O2.HI/c1-3-17-16(19-9-13-6-11(13)2)18-8-12-4-5-14-15(7-12)21-10-20-14;/h4-5,7,11,13H,3,6,8-10H2,1-2H3,(H2,17,18,19);1H. The SMILES string of the molecule is CCNC(=NCc1ccc2c(c1)OCO2)NCC1CC1C.I. The average molecular weight is 417 g/mol. The summed E-state index contributed by atoms with van der Waals surface area (Å²) in [5.74, 6) is 4.17. The van der Waals surface area contributed by atoms with E-state index in [1.807, 2.05) is 18.2 Å². The molecule has 2 aliphatic rings. The van der Waals surface area contributed by atoms with Gasteiger partial charge in [-0.05, 0) is 42.9 Å². The predicted molar refractivity (Wildman–Crippen MR) is 98.1 cm³/mol. The van der Waals surface area contributed by atoms with Crippen LogP contribution in [-0.2, 0) is 6.54 Å². The van der Waals surface area contributed by atoms with Gasteiger partial charge < -0.3 is 20.1 Å². The molecule has 1 heterocycles. The number of hydrogen-bond acceptors (Lipinski definition) is 3. The van der Waals surface area contributed by atoms with Crippen LogP contribution >= 0.6 is 24.0 Å². The highest BCUT2D eigenvalue weighted by molar-refractivity contribution is 14.0. The first kappa shape index (κ1) is 17.2. The van der Waals surface area contributed by atoms with E-state index in [1.54, 1.807) is 0 Å². The molecule has 1 aliphatic carbocycles. The van der Waals surface area contributed by atoms with Crippen LogP contribution in [-0.4, -0.2) is 25.8 Å². The minimum absolute atomic E-state index is 0. The Morgan fingerprint density at radius 3 is 2.77 bits per heavy atom. The second-order valence-corrected chi connectivity index (χ2v) is 5.74. The van der Waals surface area contributed by atoms with Gasteiger partial charge in [-0.2, -0.15) is 0 Å². The topological polar surface area (TPSA) is 54.9 Å². The van der Waals surface area contributed by atoms with E-state index in [1.165, 1.54) is 6.42 Å². The molecule has 6 heteroatoms. The summed E-state index contributed by atoms with van der Waals surface area (Å²) >= 11 is 0. The molecule has 5 nitrogen and oxygen atoms in total. The fraction of sp³-hybridized carbons (Fsp3) is 0.562. The van der Waals surface area contributed by atoms with Crippen LogP contribution in [0.3, 0.4) is 0 Å². The van der Waals surface area contributed by atoms with Gasteiger partial charge in [-0.25, -0.2) is 4.99 Å². The van der Waals surface area contributed by atoms with Gasteiger partial charge in [-0.15, -0.1) is 24.0 Å². The molecule has 0 aromatic heterocycles. The number of guanidine groups is 1. The molecule has 0 radical (unpaired) electrons. The number of aliphatic imine (C=N–C) groups is 1. The zero-order chi connectivity index (χ0) is 14.7. The van der Waals surface area contributed by atoms with Crippen molar-refractivity contribution in [2.24, 2.45) is 16.8 Å². The summed E-state index contributed by atoms with van der Waals surface area (Å²) in [6.45, 7) is 7.19. The number of ether oxygens (including phenoxy) is 2. The molecule has 1 aromatic carbocycles. The van der Waals surface area contributed by atoms with Crippen LogP contribution in [0, 0.1) is 11.8 Å². The molecular weight excluding hydrogens is 393 g/mol. The summed E-state index contributed by atoms with van der Waals surface area (Å²) in [6.07, 6.45) is 1.33. The van der Waals surface area contributed by atoms with Gasteiger partial charge in [-0.1, -0.05) is 13.0 Å². The molecule has 1 aliphatic heterocycles. The maximum absolute atomic E-state index is 5.39. The molecule has 0 saturated heterocycles. The fourth-order valence-corrected chi connectivity index (χ4v) is 2.46. The van der Waals surface area contributed by atoms with Gasteiger partial charge in [0.2, 0.25) is 6.79 Å². The second-order valence-electron chi connectivity index (χ2n) is 5.74. The Balaban J connectivity index is 0.00000176. The Kier molecular flexibility index (Phi) is 6.16. The summed E-state index contributed by atoms with van der Waals surface area (Å²) in [5, 5.41) is 6.70. The third-order valence-electron chi connectivity index (χ3n) is 4.01. The quantitative estimate of drug-likeness (QED) is 0.440. The fourth-order valence-electron chi connectivity index (χ4n) is 2.46. The van der Waals surface area contributed by atoms with Gasteiger partial charge in [0, 0.05) is 13.1 Å². The van der Waals surface area contributed by atoms with Gasteiger partial charge in [0.25, 0.3) is 0 Å². The van der Waals surface area contributed by atoms with Crippen molar-refractivity contribution in [1.82, 2.24) is 10.6 Å². The Labute approximate surface area is 148 Å². The lowest BCUT2D eigenvalue weighted by atomic mass is 10.2. The second kappa shape index (κ2) is 7.89. The highest BCUT2D eigenvalue weighted by atomic mass is 127. The summed E-state index contributed by atoms with van der Waals surface area (Å²) in [5.41, 5.74) is 1.12. The van der Waals surface area contributed by atoms with Crippen molar-refractivity contribution in [2.45, 2.75) is 26.8 Å². The number of benzene rings is 1. The lowest BCUT2D eigenvalue weighted by molar-refractivity contribution is 0.174. The van der Waals surface area contributed by atoms with Crippen molar-refractivity contribution < 1.29 is 9.47 Å². The van der Waals surface area contributed by atoms with E-state index < -0.39 is 0 Å². The third kappa shape index (κ3) is 4.41. The van der Waals surface area contributed by atoms with Gasteiger partial charge >= 0.3 is 0 Å². The summed E-state index contributed by atoms with van der Waals surface area (Å²) in [6, 6.07) is 5.97. The van der Waals surface area contributed by atoms with Gasteiger partial charge in [0.15, 0.2) is 17.5 Å². The van der Waals surface area contributed by atoms with Gasteiger partial charge in [0.1, 0.15) is 0 Å². The summed E-state index contributed by atoms with van der Waals surface area (Å²) < 4.78 is 10.7. The first-order chi connectivity index (χ1) is 10.3. The Hall–Kier alpha value is -1.18. The number of rotatable bonds is 5. The molecule has 0 amide bonds. The maximum Gasteiger partial charge on any atom is 0.231 e. The van der Waals surface area contributed by atoms with Crippen molar-refractivity contribution in [3.05, 3.63) is 23.8 Å². The minimum Gasteiger partial charge on any atom is -0.454 e. The Morgan fingerprint density at radius 2 is 2.05 bits per heavy atom. The van der Waals surface area contributed by atoms with Crippen molar-refractivity contribution in [3.63, 3.8) is 0 Å². The van der Waals surface area contributed by atoms with Crippen LogP contribution in [0.5, 0.6) is 11.5 Å². The van der Waals surface area contributed by atoms with Crippen LogP contribution in [0.1, 0.15) is 25.8 Å². The van der Waals surface area contributed by atoms with E-state index in [9.17, 15) is 0 Å². The Bertz CT molecular complexity index is 536. The lowest BCUT2D eigenvalue weighted by Crippen LogP contribution is -2.38. The molecule has 2 atom stereocenters. The molecule has 2 unspecified atom stereocenters.